The van der Waals surface area contributed by atoms with Crippen LogP contribution in [0.1, 0.15) is 54.4 Å². The Hall–Kier alpha value is -0.0400. The van der Waals surface area contributed by atoms with Crippen molar-refractivity contribution < 1.29 is 0 Å². The largest absolute Gasteiger partial charge is 0.317 e. The third-order valence-corrected chi connectivity index (χ3v) is 3.38. The van der Waals surface area contributed by atoms with Crippen LogP contribution in [0.2, 0.25) is 0 Å². The molecule has 0 aliphatic carbocycles. The van der Waals surface area contributed by atoms with E-state index >= 15 is 0 Å². The van der Waals surface area contributed by atoms with Gasteiger partial charge in [-0.1, -0.05) is 41.5 Å². The molecule has 0 unspecified atom stereocenters. The van der Waals surface area contributed by atoms with E-state index in [1.807, 2.05) is 0 Å². The molecule has 0 heterocycles. The van der Waals surface area contributed by atoms with Crippen LogP contribution in [-0.4, -0.2) is 13.1 Å². The number of hydrogen-bond donors (Lipinski definition) is 1. The smallest absolute Gasteiger partial charge is 0.00436 e. The Morgan fingerprint density at radius 1 is 0.923 bits per heavy atom. The molecular weight excluding hydrogens is 158 g/mol. The summed E-state index contributed by atoms with van der Waals surface area (Å²) in [5.74, 6) is 0. The summed E-state index contributed by atoms with van der Waals surface area (Å²) in [5.41, 5.74) is 0.828. The molecule has 0 aromatic heterocycles. The van der Waals surface area contributed by atoms with Gasteiger partial charge in [0.25, 0.3) is 0 Å². The van der Waals surface area contributed by atoms with Crippen LogP contribution in [0.15, 0.2) is 0 Å². The summed E-state index contributed by atoms with van der Waals surface area (Å²) in [6, 6.07) is 0. The molecule has 0 saturated heterocycles. The van der Waals surface area contributed by atoms with Crippen LogP contribution < -0.4 is 5.32 Å². The molecule has 0 aromatic carbocycles. The second kappa shape index (κ2) is 4.99. The lowest BCUT2D eigenvalue weighted by Gasteiger charge is -2.39. The fourth-order valence-corrected chi connectivity index (χ4v) is 1.08. The maximum atomic E-state index is 3.46. The second-order valence-corrected chi connectivity index (χ2v) is 5.63. The SMILES string of the molecule is CCCNCCC(C)(C)C(C)(C)C. The van der Waals surface area contributed by atoms with E-state index in [9.17, 15) is 0 Å². The molecule has 0 atom stereocenters. The van der Waals surface area contributed by atoms with E-state index in [0.29, 0.717) is 10.8 Å². The first-order valence-electron chi connectivity index (χ1n) is 5.52. The highest BCUT2D eigenvalue weighted by Crippen LogP contribution is 2.40. The van der Waals surface area contributed by atoms with E-state index in [-0.39, 0.29) is 0 Å². The minimum absolute atomic E-state index is 0.404. The van der Waals surface area contributed by atoms with E-state index in [2.05, 4.69) is 46.9 Å². The predicted octanol–water partition coefficient (Wildman–Crippen LogP) is 3.45. The maximum absolute atomic E-state index is 3.46. The van der Waals surface area contributed by atoms with E-state index in [1.165, 1.54) is 12.8 Å². The highest BCUT2D eigenvalue weighted by molar-refractivity contribution is 4.82. The molecular formula is C12H27N. The van der Waals surface area contributed by atoms with Crippen LogP contribution in [0, 0.1) is 10.8 Å². The van der Waals surface area contributed by atoms with Gasteiger partial charge in [-0.3, -0.25) is 0 Å². The molecule has 0 aliphatic heterocycles. The van der Waals surface area contributed by atoms with Crippen molar-refractivity contribution in [3.8, 4) is 0 Å². The number of nitrogens with one attached hydrogen (secondary N) is 1. The first-order valence-corrected chi connectivity index (χ1v) is 5.52. The topological polar surface area (TPSA) is 12.0 Å². The highest BCUT2D eigenvalue weighted by atomic mass is 14.8. The second-order valence-electron chi connectivity index (χ2n) is 5.63. The van der Waals surface area contributed by atoms with Crippen molar-refractivity contribution in [3.05, 3.63) is 0 Å². The van der Waals surface area contributed by atoms with Gasteiger partial charge in [-0.15, -0.1) is 0 Å². The minimum atomic E-state index is 0.404. The molecule has 0 saturated carbocycles. The monoisotopic (exact) mass is 185 g/mol. The standard InChI is InChI=1S/C12H27N/c1-7-9-13-10-8-12(5,6)11(2,3)4/h13H,7-10H2,1-6H3. The van der Waals surface area contributed by atoms with Crippen molar-refractivity contribution in [2.24, 2.45) is 10.8 Å². The molecule has 0 fully saturated rings. The fourth-order valence-electron chi connectivity index (χ4n) is 1.08. The summed E-state index contributed by atoms with van der Waals surface area (Å²) >= 11 is 0. The van der Waals surface area contributed by atoms with E-state index in [4.69, 9.17) is 0 Å². The Morgan fingerprint density at radius 3 is 1.85 bits per heavy atom. The van der Waals surface area contributed by atoms with Gasteiger partial charge >= 0.3 is 0 Å². The third kappa shape index (κ3) is 4.66. The van der Waals surface area contributed by atoms with Gasteiger partial charge in [-0.25, -0.2) is 0 Å². The molecule has 0 spiro atoms. The molecule has 1 N–H and O–H groups in total. The van der Waals surface area contributed by atoms with Crippen molar-refractivity contribution in [1.82, 2.24) is 5.32 Å². The van der Waals surface area contributed by atoms with E-state index in [0.717, 1.165) is 13.1 Å². The lowest BCUT2D eigenvalue weighted by atomic mass is 9.67. The summed E-state index contributed by atoms with van der Waals surface area (Å²) in [5, 5.41) is 3.46. The van der Waals surface area contributed by atoms with Gasteiger partial charge in [0.2, 0.25) is 0 Å². The molecule has 1 heteroatoms. The van der Waals surface area contributed by atoms with Gasteiger partial charge in [0, 0.05) is 0 Å². The Bertz CT molecular complexity index is 131. The van der Waals surface area contributed by atoms with Crippen molar-refractivity contribution in [2.75, 3.05) is 13.1 Å². The Balaban J connectivity index is 3.77. The van der Waals surface area contributed by atoms with Crippen LogP contribution in [0.3, 0.4) is 0 Å². The molecule has 1 nitrogen and oxygen atoms in total. The zero-order valence-corrected chi connectivity index (χ0v) is 10.3. The van der Waals surface area contributed by atoms with Gasteiger partial charge in [-0.2, -0.15) is 0 Å². The summed E-state index contributed by atoms with van der Waals surface area (Å²) in [4.78, 5) is 0. The summed E-state index contributed by atoms with van der Waals surface area (Å²) in [7, 11) is 0. The average molecular weight is 185 g/mol. The van der Waals surface area contributed by atoms with Crippen molar-refractivity contribution >= 4 is 0 Å². The van der Waals surface area contributed by atoms with E-state index < -0.39 is 0 Å². The van der Waals surface area contributed by atoms with Crippen LogP contribution in [-0.2, 0) is 0 Å². The molecule has 80 valence electrons. The lowest BCUT2D eigenvalue weighted by Crippen LogP contribution is -2.33. The van der Waals surface area contributed by atoms with Gasteiger partial charge in [-0.05, 0) is 36.8 Å². The zero-order valence-electron chi connectivity index (χ0n) is 10.3. The normalized spacial score (nSPS) is 13.4. The lowest BCUT2D eigenvalue weighted by molar-refractivity contribution is 0.119. The van der Waals surface area contributed by atoms with Crippen molar-refractivity contribution in [2.45, 2.75) is 54.4 Å². The Morgan fingerprint density at radius 2 is 1.46 bits per heavy atom. The van der Waals surface area contributed by atoms with Crippen molar-refractivity contribution in [1.29, 1.82) is 0 Å². The summed E-state index contributed by atoms with van der Waals surface area (Å²) in [6.07, 6.45) is 2.49. The van der Waals surface area contributed by atoms with Crippen LogP contribution >= 0.6 is 0 Å². The van der Waals surface area contributed by atoms with Gasteiger partial charge in [0.1, 0.15) is 0 Å². The third-order valence-electron chi connectivity index (χ3n) is 3.38. The van der Waals surface area contributed by atoms with Gasteiger partial charge in [0.05, 0.1) is 0 Å². The quantitative estimate of drug-likeness (QED) is 0.647. The predicted molar refractivity (Wildman–Crippen MR) is 61.0 cm³/mol. The maximum Gasteiger partial charge on any atom is -0.00436 e. The first kappa shape index (κ1) is 13.0. The molecule has 0 rings (SSSR count). The molecule has 0 bridgehead atoms. The fraction of sp³-hybridized carbons (Fsp3) is 1.00. The molecule has 13 heavy (non-hydrogen) atoms. The van der Waals surface area contributed by atoms with Gasteiger partial charge in [0.15, 0.2) is 0 Å². The molecule has 0 radical (unpaired) electrons. The highest BCUT2D eigenvalue weighted by Gasteiger charge is 2.31. The summed E-state index contributed by atoms with van der Waals surface area (Å²) < 4.78 is 0. The first-order chi connectivity index (χ1) is 5.81. The Labute approximate surface area is 84.3 Å². The van der Waals surface area contributed by atoms with Crippen LogP contribution in [0.5, 0.6) is 0 Å². The Kier molecular flexibility index (Phi) is 4.98. The van der Waals surface area contributed by atoms with E-state index in [1.54, 1.807) is 0 Å². The minimum Gasteiger partial charge on any atom is -0.317 e. The zero-order chi connectivity index (χ0) is 10.5. The van der Waals surface area contributed by atoms with Gasteiger partial charge < -0.3 is 5.32 Å². The molecule has 0 amide bonds. The molecule has 0 aliphatic rings. The van der Waals surface area contributed by atoms with Crippen LogP contribution in [0.4, 0.5) is 0 Å². The average Bonchev–Trinajstić information content (AvgIpc) is 1.96. The number of hydrogen-bond acceptors (Lipinski definition) is 1. The van der Waals surface area contributed by atoms with Crippen molar-refractivity contribution in [3.63, 3.8) is 0 Å². The number of rotatable bonds is 5. The summed E-state index contributed by atoms with van der Waals surface area (Å²) in [6.45, 7) is 16.2. The molecule has 0 aromatic rings. The van der Waals surface area contributed by atoms with Crippen LogP contribution in [0.25, 0.3) is 0 Å².